The van der Waals surface area contributed by atoms with Crippen molar-refractivity contribution in [2.45, 2.75) is 31.9 Å². The van der Waals surface area contributed by atoms with Crippen LogP contribution >= 0.6 is 0 Å². The maximum atomic E-state index is 12.4. The highest BCUT2D eigenvalue weighted by atomic mass is 19.3. The van der Waals surface area contributed by atoms with Crippen LogP contribution in [0.3, 0.4) is 0 Å². The van der Waals surface area contributed by atoms with Crippen LogP contribution in [0.4, 0.5) is 14.5 Å². The number of amides is 1. The molecule has 1 aliphatic rings. The van der Waals surface area contributed by atoms with E-state index in [4.69, 9.17) is 9.84 Å². The molecule has 0 spiro atoms. The molecule has 1 fully saturated rings. The van der Waals surface area contributed by atoms with Gasteiger partial charge in [-0.1, -0.05) is 0 Å². The summed E-state index contributed by atoms with van der Waals surface area (Å²) in [5.41, 5.74) is -1.13. The number of aliphatic carboxylic acids is 1. The van der Waals surface area contributed by atoms with Gasteiger partial charge in [0.2, 0.25) is 0 Å². The topological polar surface area (TPSA) is 128 Å². The number of ether oxygens (including phenoxy) is 2. The number of rotatable bonds is 7. The number of carbonyl (C=O) groups is 2. The van der Waals surface area contributed by atoms with Gasteiger partial charge >= 0.3 is 12.6 Å². The zero-order valence-electron chi connectivity index (χ0n) is 13.6. The largest absolute Gasteiger partial charge is 0.493 e. The standard InChI is InChI=1S/C15H16F2N2O7/c1-25-11-5-9(10(19(23)24)6-12(11)26-15(16)17)13(20)18-8-3-2-7(4-8)14(21)22/h5-8,15H,2-4H2,1H3,(H,18,20)(H,21,22)/t7-,8+/m1/s1. The van der Waals surface area contributed by atoms with E-state index >= 15 is 0 Å². The van der Waals surface area contributed by atoms with E-state index < -0.39 is 52.4 Å². The molecule has 0 radical (unpaired) electrons. The van der Waals surface area contributed by atoms with Crippen molar-refractivity contribution in [1.82, 2.24) is 5.32 Å². The number of alkyl halides is 2. The normalized spacial score (nSPS) is 19.2. The fraction of sp³-hybridized carbons (Fsp3) is 0.467. The lowest BCUT2D eigenvalue weighted by atomic mass is 10.1. The number of halogens is 2. The molecule has 2 N–H and O–H groups in total. The van der Waals surface area contributed by atoms with Crippen LogP contribution in [0, 0.1) is 16.0 Å². The first kappa shape index (κ1) is 19.3. The Balaban J connectivity index is 2.27. The average Bonchev–Trinajstić information content (AvgIpc) is 3.02. The number of carbonyl (C=O) groups excluding carboxylic acids is 1. The number of hydrogen-bond acceptors (Lipinski definition) is 6. The molecule has 26 heavy (non-hydrogen) atoms. The molecule has 0 saturated heterocycles. The van der Waals surface area contributed by atoms with Crippen molar-refractivity contribution in [2.75, 3.05) is 7.11 Å². The number of carboxylic acids is 1. The van der Waals surface area contributed by atoms with Crippen LogP contribution in [-0.2, 0) is 4.79 Å². The van der Waals surface area contributed by atoms with Crippen LogP contribution in [-0.4, -0.2) is 41.7 Å². The molecule has 9 nitrogen and oxygen atoms in total. The molecule has 0 heterocycles. The van der Waals surface area contributed by atoms with Crippen molar-refractivity contribution in [2.24, 2.45) is 5.92 Å². The zero-order chi connectivity index (χ0) is 19.4. The summed E-state index contributed by atoms with van der Waals surface area (Å²) in [5, 5.41) is 22.7. The van der Waals surface area contributed by atoms with Gasteiger partial charge in [0.1, 0.15) is 5.56 Å². The van der Waals surface area contributed by atoms with E-state index in [2.05, 4.69) is 10.1 Å². The predicted molar refractivity (Wildman–Crippen MR) is 82.5 cm³/mol. The maximum absolute atomic E-state index is 12.4. The quantitative estimate of drug-likeness (QED) is 0.553. The molecule has 1 amide bonds. The van der Waals surface area contributed by atoms with Crippen LogP contribution < -0.4 is 14.8 Å². The Morgan fingerprint density at radius 2 is 2.04 bits per heavy atom. The zero-order valence-corrected chi connectivity index (χ0v) is 13.6. The molecule has 2 rings (SSSR count). The first-order valence-electron chi connectivity index (χ1n) is 7.57. The van der Waals surface area contributed by atoms with E-state index in [1.807, 2.05) is 0 Å². The van der Waals surface area contributed by atoms with Crippen LogP contribution in [0.2, 0.25) is 0 Å². The van der Waals surface area contributed by atoms with Gasteiger partial charge in [-0.05, 0) is 19.3 Å². The number of hydrogen-bond donors (Lipinski definition) is 2. The Kier molecular flexibility index (Phi) is 5.90. The fourth-order valence-corrected chi connectivity index (χ4v) is 2.83. The molecule has 1 aliphatic carbocycles. The van der Waals surface area contributed by atoms with Crippen LogP contribution in [0.5, 0.6) is 11.5 Å². The van der Waals surface area contributed by atoms with Crippen molar-refractivity contribution >= 4 is 17.6 Å². The van der Waals surface area contributed by atoms with Gasteiger partial charge in [0, 0.05) is 12.1 Å². The molecule has 1 aromatic rings. The molecular weight excluding hydrogens is 358 g/mol. The Morgan fingerprint density at radius 1 is 1.35 bits per heavy atom. The number of nitrogens with zero attached hydrogens (tertiary/aromatic N) is 1. The third-order valence-corrected chi connectivity index (χ3v) is 4.06. The van der Waals surface area contributed by atoms with Gasteiger partial charge in [-0.2, -0.15) is 8.78 Å². The van der Waals surface area contributed by atoms with Gasteiger partial charge in [-0.3, -0.25) is 19.7 Å². The molecule has 11 heteroatoms. The number of nitro benzene ring substituents is 1. The van der Waals surface area contributed by atoms with Crippen molar-refractivity contribution in [3.05, 3.63) is 27.8 Å². The van der Waals surface area contributed by atoms with Crippen molar-refractivity contribution in [1.29, 1.82) is 0 Å². The van der Waals surface area contributed by atoms with E-state index in [-0.39, 0.29) is 12.2 Å². The Labute approximate surface area is 146 Å². The summed E-state index contributed by atoms with van der Waals surface area (Å²) in [6, 6.07) is 1.18. The van der Waals surface area contributed by atoms with Crippen LogP contribution in [0.1, 0.15) is 29.6 Å². The number of carboxylic acid groups (broad SMARTS) is 1. The third-order valence-electron chi connectivity index (χ3n) is 4.06. The smallest absolute Gasteiger partial charge is 0.387 e. The molecule has 1 saturated carbocycles. The first-order chi connectivity index (χ1) is 12.2. The second-order valence-corrected chi connectivity index (χ2v) is 5.67. The number of benzene rings is 1. The lowest BCUT2D eigenvalue weighted by molar-refractivity contribution is -0.385. The second kappa shape index (κ2) is 7.93. The van der Waals surface area contributed by atoms with E-state index in [1.165, 1.54) is 0 Å². The van der Waals surface area contributed by atoms with E-state index in [1.54, 1.807) is 0 Å². The van der Waals surface area contributed by atoms with Gasteiger partial charge in [-0.25, -0.2) is 0 Å². The van der Waals surface area contributed by atoms with Crippen molar-refractivity contribution in [3.8, 4) is 11.5 Å². The summed E-state index contributed by atoms with van der Waals surface area (Å²) in [6.07, 6.45) is 1.01. The van der Waals surface area contributed by atoms with E-state index in [0.717, 1.165) is 13.2 Å². The molecule has 1 aromatic carbocycles. The Hall–Kier alpha value is -2.98. The highest BCUT2D eigenvalue weighted by Gasteiger charge is 2.32. The van der Waals surface area contributed by atoms with Gasteiger partial charge in [0.15, 0.2) is 11.5 Å². The fourth-order valence-electron chi connectivity index (χ4n) is 2.83. The molecular formula is C15H16F2N2O7. The summed E-state index contributed by atoms with van der Waals surface area (Å²) in [4.78, 5) is 33.7. The summed E-state index contributed by atoms with van der Waals surface area (Å²) in [7, 11) is 1.13. The minimum absolute atomic E-state index is 0.207. The lowest BCUT2D eigenvalue weighted by Crippen LogP contribution is -2.33. The highest BCUT2D eigenvalue weighted by Crippen LogP contribution is 2.36. The van der Waals surface area contributed by atoms with E-state index in [0.29, 0.717) is 18.9 Å². The summed E-state index contributed by atoms with van der Waals surface area (Å²) >= 11 is 0. The molecule has 142 valence electrons. The number of nitrogens with one attached hydrogen (secondary N) is 1. The Morgan fingerprint density at radius 3 is 2.54 bits per heavy atom. The maximum Gasteiger partial charge on any atom is 0.387 e. The number of nitro groups is 1. The SMILES string of the molecule is COc1cc(C(=O)N[C@H]2CC[C@@H](C(=O)O)C2)c([N+](=O)[O-])cc1OC(F)F. The molecule has 0 aromatic heterocycles. The highest BCUT2D eigenvalue weighted by molar-refractivity contribution is 5.99. The number of methoxy groups -OCH3 is 1. The average molecular weight is 374 g/mol. The monoisotopic (exact) mass is 374 g/mol. The molecule has 0 unspecified atom stereocenters. The van der Waals surface area contributed by atoms with Crippen LogP contribution in [0.15, 0.2) is 12.1 Å². The van der Waals surface area contributed by atoms with Gasteiger partial charge < -0.3 is 19.9 Å². The lowest BCUT2D eigenvalue weighted by Gasteiger charge is -2.15. The summed E-state index contributed by atoms with van der Waals surface area (Å²) < 4.78 is 33.9. The Bertz CT molecular complexity index is 726. The molecule has 2 atom stereocenters. The minimum atomic E-state index is -3.23. The van der Waals surface area contributed by atoms with Gasteiger partial charge in [0.25, 0.3) is 11.6 Å². The van der Waals surface area contributed by atoms with Crippen molar-refractivity contribution < 1.29 is 37.9 Å². The second-order valence-electron chi connectivity index (χ2n) is 5.67. The van der Waals surface area contributed by atoms with E-state index in [9.17, 15) is 28.5 Å². The van der Waals surface area contributed by atoms with Gasteiger partial charge in [0.05, 0.1) is 24.0 Å². The first-order valence-corrected chi connectivity index (χ1v) is 7.57. The summed E-state index contributed by atoms with van der Waals surface area (Å²) in [5.74, 6) is -3.22. The molecule has 0 bridgehead atoms. The minimum Gasteiger partial charge on any atom is -0.493 e. The van der Waals surface area contributed by atoms with Gasteiger partial charge in [-0.15, -0.1) is 0 Å². The molecule has 0 aliphatic heterocycles. The predicted octanol–water partition coefficient (Wildman–Crippen LogP) is 2.19. The third kappa shape index (κ3) is 4.35. The summed E-state index contributed by atoms with van der Waals surface area (Å²) in [6.45, 7) is -3.23. The van der Waals surface area contributed by atoms with Crippen molar-refractivity contribution in [3.63, 3.8) is 0 Å². The van der Waals surface area contributed by atoms with Crippen LogP contribution in [0.25, 0.3) is 0 Å².